The topological polar surface area (TPSA) is 96.0 Å². The van der Waals surface area contributed by atoms with Gasteiger partial charge in [-0.3, -0.25) is 13.9 Å². The van der Waals surface area contributed by atoms with Crippen molar-refractivity contribution in [2.75, 3.05) is 24.5 Å². The Morgan fingerprint density at radius 1 is 0.975 bits per heavy atom. The number of benzene rings is 3. The minimum Gasteiger partial charge on any atom is -0.495 e. The number of hydrogen-bond donors (Lipinski definition) is 1. The van der Waals surface area contributed by atoms with E-state index in [2.05, 4.69) is 5.32 Å². The summed E-state index contributed by atoms with van der Waals surface area (Å²) in [5, 5.41) is 3.46. The molecule has 11 heteroatoms. The zero-order valence-corrected chi connectivity index (χ0v) is 25.4. The van der Waals surface area contributed by atoms with Crippen LogP contribution in [0.1, 0.15) is 30.5 Å². The maximum Gasteiger partial charge on any atom is 0.264 e. The van der Waals surface area contributed by atoms with E-state index in [9.17, 15) is 18.0 Å². The van der Waals surface area contributed by atoms with Gasteiger partial charge in [-0.2, -0.15) is 0 Å². The Kier molecular flexibility index (Phi) is 10.5. The molecule has 0 fully saturated rings. The van der Waals surface area contributed by atoms with Crippen LogP contribution in [0.3, 0.4) is 0 Å². The van der Waals surface area contributed by atoms with E-state index >= 15 is 0 Å². The number of aryl methyl sites for hydroxylation is 2. The lowest BCUT2D eigenvalue weighted by Gasteiger charge is -2.32. The van der Waals surface area contributed by atoms with Gasteiger partial charge in [0, 0.05) is 23.1 Å². The lowest BCUT2D eigenvalue weighted by Crippen LogP contribution is -2.51. The molecule has 0 saturated carbocycles. The average Bonchev–Trinajstić information content (AvgIpc) is 2.91. The lowest BCUT2D eigenvalue weighted by molar-refractivity contribution is -0.139. The van der Waals surface area contributed by atoms with Gasteiger partial charge in [-0.25, -0.2) is 8.42 Å². The van der Waals surface area contributed by atoms with Crippen LogP contribution in [0, 0.1) is 13.8 Å². The van der Waals surface area contributed by atoms with Gasteiger partial charge < -0.3 is 15.0 Å². The Labute approximate surface area is 245 Å². The van der Waals surface area contributed by atoms with Crippen molar-refractivity contribution in [2.45, 2.75) is 45.2 Å². The van der Waals surface area contributed by atoms with Crippen LogP contribution in [0.2, 0.25) is 10.0 Å². The van der Waals surface area contributed by atoms with E-state index in [1.165, 1.54) is 24.1 Å². The first-order valence-corrected chi connectivity index (χ1v) is 14.8. The first-order chi connectivity index (χ1) is 18.9. The maximum absolute atomic E-state index is 14.0. The Morgan fingerprint density at radius 2 is 1.62 bits per heavy atom. The smallest absolute Gasteiger partial charge is 0.264 e. The van der Waals surface area contributed by atoms with Crippen LogP contribution >= 0.6 is 23.2 Å². The Bertz CT molecular complexity index is 1480. The number of halogens is 2. The van der Waals surface area contributed by atoms with Crippen LogP contribution in [-0.2, 0) is 26.2 Å². The van der Waals surface area contributed by atoms with Crippen molar-refractivity contribution in [1.29, 1.82) is 0 Å². The van der Waals surface area contributed by atoms with Gasteiger partial charge in [-0.05, 0) is 75.2 Å². The summed E-state index contributed by atoms with van der Waals surface area (Å²) in [7, 11) is -2.80. The van der Waals surface area contributed by atoms with E-state index in [0.717, 1.165) is 15.4 Å². The Hall–Kier alpha value is -3.27. The Balaban J connectivity index is 2.12. The number of nitrogens with zero attached hydrogens (tertiary/aromatic N) is 2. The number of carbonyl (C=O) groups is 2. The number of sulfonamides is 1. The molecule has 1 unspecified atom stereocenters. The summed E-state index contributed by atoms with van der Waals surface area (Å²) in [6.07, 6.45) is 0. The highest BCUT2D eigenvalue weighted by molar-refractivity contribution is 7.92. The van der Waals surface area contributed by atoms with Gasteiger partial charge in [0.2, 0.25) is 11.8 Å². The van der Waals surface area contributed by atoms with Crippen molar-refractivity contribution in [3.05, 3.63) is 87.4 Å². The van der Waals surface area contributed by atoms with Crippen LogP contribution in [0.4, 0.5) is 5.69 Å². The fraction of sp³-hybridized carbons (Fsp3) is 0.310. The summed E-state index contributed by atoms with van der Waals surface area (Å²) < 4.78 is 34.6. The highest BCUT2D eigenvalue weighted by atomic mass is 35.5. The zero-order chi connectivity index (χ0) is 29.6. The molecule has 214 valence electrons. The summed E-state index contributed by atoms with van der Waals surface area (Å²) >= 11 is 12.5. The van der Waals surface area contributed by atoms with E-state index in [1.54, 1.807) is 62.4 Å². The predicted molar refractivity (Wildman–Crippen MR) is 159 cm³/mol. The molecule has 0 aliphatic heterocycles. The summed E-state index contributed by atoms with van der Waals surface area (Å²) in [6, 6.07) is 15.4. The standard InChI is InChI=1S/C29H33Cl2N3O5S/c1-6-32-29(36)21(4)33(17-22-10-11-23(30)16-25(22)31)28(35)18-34(26-15-20(3)9-14-27(26)39-5)40(37,38)24-12-7-19(2)8-13-24/h7-16,21H,6,17-18H2,1-5H3,(H,32,36). The molecular weight excluding hydrogens is 573 g/mol. The van der Waals surface area contributed by atoms with E-state index < -0.39 is 28.5 Å². The third kappa shape index (κ3) is 7.27. The maximum atomic E-state index is 14.0. The molecule has 3 aromatic carbocycles. The van der Waals surface area contributed by atoms with Crippen molar-refractivity contribution in [3.63, 3.8) is 0 Å². The third-order valence-electron chi connectivity index (χ3n) is 6.37. The number of hydrogen-bond acceptors (Lipinski definition) is 5. The van der Waals surface area contributed by atoms with Crippen molar-refractivity contribution < 1.29 is 22.7 Å². The van der Waals surface area contributed by atoms with E-state index in [1.807, 2.05) is 13.8 Å². The van der Waals surface area contributed by atoms with Gasteiger partial charge in [0.05, 0.1) is 17.7 Å². The molecule has 0 radical (unpaired) electrons. The largest absolute Gasteiger partial charge is 0.495 e. The van der Waals surface area contributed by atoms with Gasteiger partial charge in [-0.15, -0.1) is 0 Å². The number of nitrogens with one attached hydrogen (secondary N) is 1. The predicted octanol–water partition coefficient (Wildman–Crippen LogP) is 5.37. The van der Waals surface area contributed by atoms with Gasteiger partial charge in [0.15, 0.2) is 0 Å². The fourth-order valence-electron chi connectivity index (χ4n) is 4.08. The van der Waals surface area contributed by atoms with Crippen molar-refractivity contribution >= 4 is 50.7 Å². The van der Waals surface area contributed by atoms with Crippen molar-refractivity contribution in [2.24, 2.45) is 0 Å². The van der Waals surface area contributed by atoms with E-state index in [-0.39, 0.29) is 28.8 Å². The number of ether oxygens (including phenoxy) is 1. The van der Waals surface area contributed by atoms with Gasteiger partial charge in [0.1, 0.15) is 18.3 Å². The van der Waals surface area contributed by atoms with Crippen LogP contribution in [0.5, 0.6) is 5.75 Å². The quantitative estimate of drug-likeness (QED) is 0.317. The molecule has 40 heavy (non-hydrogen) atoms. The molecule has 0 heterocycles. The first kappa shape index (κ1) is 31.3. The zero-order valence-electron chi connectivity index (χ0n) is 23.1. The minimum atomic E-state index is -4.23. The number of carbonyl (C=O) groups excluding carboxylic acids is 2. The third-order valence-corrected chi connectivity index (χ3v) is 8.73. The molecule has 1 N–H and O–H groups in total. The summed E-state index contributed by atoms with van der Waals surface area (Å²) in [6.45, 7) is 6.74. The first-order valence-electron chi connectivity index (χ1n) is 12.6. The highest BCUT2D eigenvalue weighted by Gasteiger charge is 2.34. The molecule has 0 spiro atoms. The normalized spacial score (nSPS) is 12.0. The summed E-state index contributed by atoms with van der Waals surface area (Å²) in [5.41, 5.74) is 2.41. The average molecular weight is 607 g/mol. The molecule has 2 amide bonds. The van der Waals surface area contributed by atoms with Crippen LogP contribution in [-0.4, -0.2) is 51.4 Å². The number of amides is 2. The highest BCUT2D eigenvalue weighted by Crippen LogP contribution is 2.34. The number of methoxy groups -OCH3 is 1. The molecule has 0 aliphatic carbocycles. The molecule has 1 atom stereocenters. The van der Waals surface area contributed by atoms with Crippen LogP contribution in [0.15, 0.2) is 65.6 Å². The number of anilines is 1. The molecule has 0 saturated heterocycles. The van der Waals surface area contributed by atoms with Crippen LogP contribution in [0.25, 0.3) is 0 Å². The molecule has 0 aromatic heterocycles. The molecule has 3 aromatic rings. The van der Waals surface area contributed by atoms with Crippen molar-refractivity contribution in [1.82, 2.24) is 10.2 Å². The fourth-order valence-corrected chi connectivity index (χ4v) is 5.97. The van der Waals surface area contributed by atoms with Gasteiger partial charge in [0.25, 0.3) is 10.0 Å². The number of likely N-dealkylation sites (N-methyl/N-ethyl adjacent to an activating group) is 1. The van der Waals surface area contributed by atoms with Gasteiger partial charge >= 0.3 is 0 Å². The molecular formula is C29H33Cl2N3O5S. The number of rotatable bonds is 11. The van der Waals surface area contributed by atoms with Crippen LogP contribution < -0.4 is 14.4 Å². The second-order valence-electron chi connectivity index (χ2n) is 9.33. The van der Waals surface area contributed by atoms with Gasteiger partial charge in [-0.1, -0.05) is 53.0 Å². The monoisotopic (exact) mass is 605 g/mol. The summed E-state index contributed by atoms with van der Waals surface area (Å²) in [4.78, 5) is 28.2. The molecule has 8 nitrogen and oxygen atoms in total. The minimum absolute atomic E-state index is 0.0125. The van der Waals surface area contributed by atoms with E-state index in [4.69, 9.17) is 27.9 Å². The SMILES string of the molecule is CCNC(=O)C(C)N(Cc1ccc(Cl)cc1Cl)C(=O)CN(c1cc(C)ccc1OC)S(=O)(=O)c1ccc(C)cc1. The second kappa shape index (κ2) is 13.4. The molecule has 0 bridgehead atoms. The molecule has 3 rings (SSSR count). The second-order valence-corrected chi connectivity index (χ2v) is 12.0. The lowest BCUT2D eigenvalue weighted by atomic mass is 10.1. The van der Waals surface area contributed by atoms with E-state index in [0.29, 0.717) is 22.2 Å². The Morgan fingerprint density at radius 3 is 2.23 bits per heavy atom. The molecule has 0 aliphatic rings. The van der Waals surface area contributed by atoms with Crippen molar-refractivity contribution in [3.8, 4) is 5.75 Å². The summed E-state index contributed by atoms with van der Waals surface area (Å²) in [5.74, 6) is -0.718.